The number of aryl methyl sites for hydroxylation is 2. The topological polar surface area (TPSA) is 81.9 Å². The van der Waals surface area contributed by atoms with E-state index in [9.17, 15) is 4.79 Å². The van der Waals surface area contributed by atoms with E-state index >= 15 is 0 Å². The molecule has 0 spiro atoms. The summed E-state index contributed by atoms with van der Waals surface area (Å²) in [6, 6.07) is 11.2. The van der Waals surface area contributed by atoms with Crippen LogP contribution in [0.15, 0.2) is 46.9 Å². The van der Waals surface area contributed by atoms with Crippen LogP contribution in [0.2, 0.25) is 10.0 Å². The van der Waals surface area contributed by atoms with Crippen LogP contribution < -0.4 is 10.1 Å². The molecule has 1 atom stereocenters. The molecule has 4 aromatic rings. The zero-order valence-corrected chi connectivity index (χ0v) is 22.6. The monoisotopic (exact) mass is 547 g/mol. The Bertz CT molecular complexity index is 1330. The first kappa shape index (κ1) is 25.5. The van der Waals surface area contributed by atoms with Gasteiger partial charge in [-0.15, -0.1) is 21.5 Å². The average molecular weight is 549 g/mol. The smallest absolute Gasteiger partial charge is 0.236 e. The summed E-state index contributed by atoms with van der Waals surface area (Å²) in [5.41, 5.74) is 3.63. The summed E-state index contributed by atoms with van der Waals surface area (Å²) in [5, 5.41) is 15.8. The van der Waals surface area contributed by atoms with Crippen molar-refractivity contribution in [3.63, 3.8) is 0 Å². The number of rotatable bonds is 8. The van der Waals surface area contributed by atoms with E-state index < -0.39 is 0 Å². The first-order valence-electron chi connectivity index (χ1n) is 10.7. The number of benzene rings is 2. The van der Waals surface area contributed by atoms with Crippen molar-refractivity contribution in [3.8, 4) is 17.0 Å². The van der Waals surface area contributed by atoms with Gasteiger partial charge < -0.3 is 14.6 Å². The van der Waals surface area contributed by atoms with Gasteiger partial charge >= 0.3 is 0 Å². The molecule has 35 heavy (non-hydrogen) atoms. The van der Waals surface area contributed by atoms with Gasteiger partial charge in [0, 0.05) is 28.0 Å². The van der Waals surface area contributed by atoms with Crippen molar-refractivity contribution in [1.82, 2.24) is 19.7 Å². The Morgan fingerprint density at radius 3 is 2.54 bits per heavy atom. The number of nitrogens with one attached hydrogen (secondary N) is 1. The molecule has 2 aromatic heterocycles. The third-order valence-electron chi connectivity index (χ3n) is 5.18. The van der Waals surface area contributed by atoms with Gasteiger partial charge in [0.25, 0.3) is 0 Å². The molecule has 0 saturated carbocycles. The molecule has 1 N–H and O–H groups in total. The molecule has 0 aliphatic rings. The van der Waals surface area contributed by atoms with Crippen LogP contribution >= 0.6 is 46.3 Å². The van der Waals surface area contributed by atoms with E-state index in [1.807, 2.05) is 74.2 Å². The second kappa shape index (κ2) is 11.0. The molecule has 0 saturated heterocycles. The lowest BCUT2D eigenvalue weighted by Crippen LogP contribution is -2.14. The molecular formula is C24H23Cl2N5O2S2. The minimum Gasteiger partial charge on any atom is -0.483 e. The zero-order valence-electron chi connectivity index (χ0n) is 19.5. The Hall–Kier alpha value is -2.59. The lowest BCUT2D eigenvalue weighted by molar-refractivity contribution is -0.113. The van der Waals surface area contributed by atoms with Gasteiger partial charge in [-0.2, -0.15) is 0 Å². The molecule has 0 radical (unpaired) electrons. The molecule has 7 nitrogen and oxygen atoms in total. The molecular weight excluding hydrogens is 525 g/mol. The van der Waals surface area contributed by atoms with Gasteiger partial charge in [0.1, 0.15) is 5.75 Å². The van der Waals surface area contributed by atoms with Crippen LogP contribution in [0.3, 0.4) is 0 Å². The van der Waals surface area contributed by atoms with Crippen LogP contribution in [0, 0.1) is 13.8 Å². The molecule has 11 heteroatoms. The normalized spacial score (nSPS) is 11.9. The van der Waals surface area contributed by atoms with Crippen molar-refractivity contribution in [1.29, 1.82) is 0 Å². The third-order valence-corrected chi connectivity index (χ3v) is 7.80. The van der Waals surface area contributed by atoms with Crippen molar-refractivity contribution in [2.45, 2.75) is 32.0 Å². The summed E-state index contributed by atoms with van der Waals surface area (Å²) in [6.45, 7) is 5.80. The minimum absolute atomic E-state index is 0.173. The van der Waals surface area contributed by atoms with Gasteiger partial charge in [-0.3, -0.25) is 4.79 Å². The first-order chi connectivity index (χ1) is 16.7. The number of carbonyl (C=O) groups excluding carboxylic acids is 1. The van der Waals surface area contributed by atoms with E-state index in [4.69, 9.17) is 27.9 Å². The Labute approximate surface area is 221 Å². The number of amides is 1. The highest BCUT2D eigenvalue weighted by Crippen LogP contribution is 2.30. The summed E-state index contributed by atoms with van der Waals surface area (Å²) in [4.78, 5) is 17.0. The molecule has 0 fully saturated rings. The summed E-state index contributed by atoms with van der Waals surface area (Å²) in [5.74, 6) is 1.38. The highest BCUT2D eigenvalue weighted by molar-refractivity contribution is 7.99. The second-order valence-corrected chi connectivity index (χ2v) is 10.5. The SMILES string of the molecule is Cc1cc(OC(C)c2nnc(SCC(=O)Nc3nc(-c4ccc(Cl)cc4)cs3)n2C)cc(C)c1Cl. The minimum atomic E-state index is -0.336. The summed E-state index contributed by atoms with van der Waals surface area (Å²) in [7, 11) is 1.85. The lowest BCUT2D eigenvalue weighted by atomic mass is 10.1. The molecule has 0 aliphatic heterocycles. The van der Waals surface area contributed by atoms with Crippen LogP contribution in [0.25, 0.3) is 11.3 Å². The van der Waals surface area contributed by atoms with Crippen LogP contribution in [-0.4, -0.2) is 31.4 Å². The maximum absolute atomic E-state index is 12.5. The maximum Gasteiger partial charge on any atom is 0.236 e. The molecule has 0 bridgehead atoms. The van der Waals surface area contributed by atoms with Gasteiger partial charge in [0.15, 0.2) is 22.2 Å². The predicted molar refractivity (Wildman–Crippen MR) is 143 cm³/mol. The van der Waals surface area contributed by atoms with E-state index in [-0.39, 0.29) is 17.8 Å². The maximum atomic E-state index is 12.5. The fourth-order valence-corrected chi connectivity index (χ4v) is 5.10. The molecule has 2 aromatic carbocycles. The third kappa shape index (κ3) is 6.16. The van der Waals surface area contributed by atoms with Crippen molar-refractivity contribution in [2.24, 2.45) is 7.05 Å². The quantitative estimate of drug-likeness (QED) is 0.246. The average Bonchev–Trinajstić information content (AvgIpc) is 3.43. The van der Waals surface area contributed by atoms with E-state index in [1.165, 1.54) is 23.1 Å². The van der Waals surface area contributed by atoms with Gasteiger partial charge in [0.05, 0.1) is 11.4 Å². The molecule has 4 rings (SSSR count). The number of ether oxygens (including phenoxy) is 1. The second-order valence-electron chi connectivity index (χ2n) is 7.91. The standard InChI is InChI=1S/C24H23Cl2N5O2S2/c1-13-9-18(10-14(2)21(13)26)33-15(3)22-29-30-24(31(22)4)35-12-20(32)28-23-27-19(11-34-23)16-5-7-17(25)8-6-16/h5-11,15H,12H2,1-4H3,(H,27,28,32). The lowest BCUT2D eigenvalue weighted by Gasteiger charge is -2.16. The predicted octanol–water partition coefficient (Wildman–Crippen LogP) is 6.73. The molecule has 2 heterocycles. The van der Waals surface area contributed by atoms with Gasteiger partial charge in [-0.05, 0) is 56.2 Å². The van der Waals surface area contributed by atoms with Crippen molar-refractivity contribution >= 4 is 57.3 Å². The fraction of sp³-hybridized carbons (Fsp3) is 0.250. The summed E-state index contributed by atoms with van der Waals surface area (Å²) >= 11 is 14.9. The fourth-order valence-electron chi connectivity index (χ4n) is 3.41. The number of thiazole rings is 1. The molecule has 182 valence electrons. The Morgan fingerprint density at radius 2 is 1.86 bits per heavy atom. The van der Waals surface area contributed by atoms with Crippen LogP contribution in [0.1, 0.15) is 30.0 Å². The number of hydrogen-bond acceptors (Lipinski definition) is 7. The number of nitrogens with zero attached hydrogens (tertiary/aromatic N) is 4. The number of hydrogen-bond donors (Lipinski definition) is 1. The Balaban J connectivity index is 1.34. The van der Waals surface area contributed by atoms with E-state index in [1.54, 1.807) is 0 Å². The Kier molecular flexibility index (Phi) is 8.01. The first-order valence-corrected chi connectivity index (χ1v) is 13.3. The summed E-state index contributed by atoms with van der Waals surface area (Å²) in [6.07, 6.45) is -0.336. The van der Waals surface area contributed by atoms with E-state index in [2.05, 4.69) is 20.5 Å². The number of halogens is 2. The number of aromatic nitrogens is 4. The van der Waals surface area contributed by atoms with Crippen LogP contribution in [0.5, 0.6) is 5.75 Å². The summed E-state index contributed by atoms with van der Waals surface area (Å²) < 4.78 is 7.91. The zero-order chi connectivity index (χ0) is 25.1. The van der Waals surface area contributed by atoms with Crippen molar-refractivity contribution < 1.29 is 9.53 Å². The number of thioether (sulfide) groups is 1. The van der Waals surface area contributed by atoms with Crippen molar-refractivity contribution in [2.75, 3.05) is 11.1 Å². The molecule has 1 amide bonds. The van der Waals surface area contributed by atoms with Gasteiger partial charge in [-0.25, -0.2) is 4.98 Å². The highest BCUT2D eigenvalue weighted by Gasteiger charge is 2.19. The van der Waals surface area contributed by atoms with Gasteiger partial charge in [-0.1, -0.05) is 47.1 Å². The highest BCUT2D eigenvalue weighted by atomic mass is 35.5. The van der Waals surface area contributed by atoms with Gasteiger partial charge in [0.2, 0.25) is 5.91 Å². The van der Waals surface area contributed by atoms with E-state index in [0.717, 1.165) is 33.2 Å². The largest absolute Gasteiger partial charge is 0.483 e. The number of anilines is 1. The number of carbonyl (C=O) groups is 1. The molecule has 0 aliphatic carbocycles. The van der Waals surface area contributed by atoms with Crippen LogP contribution in [-0.2, 0) is 11.8 Å². The van der Waals surface area contributed by atoms with Crippen LogP contribution in [0.4, 0.5) is 5.13 Å². The Morgan fingerprint density at radius 1 is 1.17 bits per heavy atom. The van der Waals surface area contributed by atoms with E-state index in [0.29, 0.717) is 21.1 Å². The van der Waals surface area contributed by atoms with Crippen molar-refractivity contribution in [3.05, 3.63) is 68.8 Å². The molecule has 1 unspecified atom stereocenters.